The predicted molar refractivity (Wildman–Crippen MR) is 330 cm³/mol. The third-order valence-electron chi connectivity index (χ3n) is 12.9. The zero-order valence-corrected chi connectivity index (χ0v) is 50.0. The average molecular weight is 1130 g/mol. The first-order valence-electron chi connectivity index (χ1n) is 30.8. The van der Waals surface area contributed by atoms with Gasteiger partial charge in [-0.05, 0) is 116 Å². The first kappa shape index (κ1) is 73.6. The Bertz CT molecular complexity index is 1960. The number of esters is 3. The summed E-state index contributed by atoms with van der Waals surface area (Å²) in [5.41, 5.74) is 0. The maximum Gasteiger partial charge on any atom is 0.335 e. The fraction of sp³-hybridized carbons (Fsp3) is 0.594. The van der Waals surface area contributed by atoms with Crippen LogP contribution in [0.5, 0.6) is 0 Å². The van der Waals surface area contributed by atoms with Crippen LogP contribution in [0.4, 0.5) is 0 Å². The molecule has 0 radical (unpaired) electrons. The maximum absolute atomic E-state index is 13.1. The number of carboxylic acid groups (broad SMARTS) is 1. The number of unbranched alkanes of at least 4 members (excludes halogenated alkanes) is 13. The average Bonchev–Trinajstić information content (AvgIpc) is 3.53. The normalized spacial score (nSPS) is 18.8. The lowest BCUT2D eigenvalue weighted by atomic mass is 9.98. The molecular weight excluding hydrogens is 1020 g/mol. The Morgan fingerprint density at radius 2 is 0.827 bits per heavy atom. The molecule has 0 aromatic rings. The van der Waals surface area contributed by atoms with Crippen molar-refractivity contribution in [3.63, 3.8) is 0 Å². The van der Waals surface area contributed by atoms with Gasteiger partial charge in [0.05, 0.1) is 13.0 Å². The Morgan fingerprint density at radius 1 is 0.432 bits per heavy atom. The lowest BCUT2D eigenvalue weighted by Crippen LogP contribution is -2.61. The van der Waals surface area contributed by atoms with Crippen LogP contribution in [0.25, 0.3) is 0 Å². The summed E-state index contributed by atoms with van der Waals surface area (Å²) in [4.78, 5) is 51.2. The summed E-state index contributed by atoms with van der Waals surface area (Å²) in [5.74, 6) is -3.39. The molecule has 454 valence electrons. The number of carboxylic acids is 1. The molecule has 0 bridgehead atoms. The van der Waals surface area contributed by atoms with Crippen LogP contribution < -0.4 is 0 Å². The third kappa shape index (κ3) is 44.9. The predicted octanol–water partition coefficient (Wildman–Crippen LogP) is 16.3. The Labute approximate surface area is 489 Å². The van der Waals surface area contributed by atoms with Crippen LogP contribution in [0, 0.1) is 0 Å². The summed E-state index contributed by atoms with van der Waals surface area (Å²) in [6, 6.07) is 0. The highest BCUT2D eigenvalue weighted by Gasteiger charge is 2.50. The number of carbonyl (C=O) groups is 4. The van der Waals surface area contributed by atoms with E-state index in [4.69, 9.17) is 23.7 Å². The molecule has 6 unspecified atom stereocenters. The van der Waals surface area contributed by atoms with Gasteiger partial charge in [0, 0.05) is 12.8 Å². The Morgan fingerprint density at radius 3 is 1.28 bits per heavy atom. The van der Waals surface area contributed by atoms with Crippen LogP contribution in [-0.4, -0.2) is 89.2 Å². The molecule has 1 aliphatic heterocycles. The molecule has 0 saturated carbocycles. The smallest absolute Gasteiger partial charge is 0.335 e. The monoisotopic (exact) mass is 1130 g/mol. The molecule has 0 amide bonds. The molecule has 12 nitrogen and oxygen atoms in total. The largest absolute Gasteiger partial charge is 0.479 e. The number of rotatable bonds is 50. The van der Waals surface area contributed by atoms with Crippen molar-refractivity contribution in [2.75, 3.05) is 13.2 Å². The van der Waals surface area contributed by atoms with Crippen molar-refractivity contribution in [1.82, 2.24) is 0 Å². The second-order valence-electron chi connectivity index (χ2n) is 20.2. The van der Waals surface area contributed by atoms with E-state index in [1.54, 1.807) is 6.08 Å². The molecule has 0 aromatic heterocycles. The second kappa shape index (κ2) is 55.2. The fourth-order valence-corrected chi connectivity index (χ4v) is 8.27. The van der Waals surface area contributed by atoms with E-state index in [0.717, 1.165) is 96.3 Å². The summed E-state index contributed by atoms with van der Waals surface area (Å²) in [5, 5.41) is 31.5. The fourth-order valence-electron chi connectivity index (χ4n) is 8.27. The molecule has 1 fully saturated rings. The van der Waals surface area contributed by atoms with Crippen molar-refractivity contribution in [3.05, 3.63) is 146 Å². The van der Waals surface area contributed by atoms with E-state index < -0.39 is 67.3 Å². The van der Waals surface area contributed by atoms with Crippen molar-refractivity contribution < 1.29 is 58.2 Å². The van der Waals surface area contributed by atoms with Crippen LogP contribution in [0.2, 0.25) is 0 Å². The molecule has 1 saturated heterocycles. The van der Waals surface area contributed by atoms with Gasteiger partial charge in [-0.25, -0.2) is 4.79 Å². The Hall–Kier alpha value is -5.40. The van der Waals surface area contributed by atoms with Crippen molar-refractivity contribution in [3.8, 4) is 0 Å². The molecule has 1 aliphatic rings. The van der Waals surface area contributed by atoms with Crippen LogP contribution in [0.3, 0.4) is 0 Å². The third-order valence-corrected chi connectivity index (χ3v) is 12.9. The minimum absolute atomic E-state index is 0.0368. The van der Waals surface area contributed by atoms with Crippen LogP contribution in [-0.2, 0) is 42.9 Å². The van der Waals surface area contributed by atoms with E-state index in [9.17, 15) is 34.5 Å². The lowest BCUT2D eigenvalue weighted by molar-refractivity contribution is -0.301. The van der Waals surface area contributed by atoms with E-state index in [0.29, 0.717) is 25.7 Å². The Balaban J connectivity index is 2.76. The summed E-state index contributed by atoms with van der Waals surface area (Å²) in [6.07, 6.45) is 67.0. The molecule has 1 rings (SSSR count). The van der Waals surface area contributed by atoms with Gasteiger partial charge in [0.25, 0.3) is 0 Å². The van der Waals surface area contributed by atoms with E-state index in [1.165, 1.54) is 51.4 Å². The number of ether oxygens (including phenoxy) is 5. The number of carbonyl (C=O) groups excluding carboxylic acids is 3. The topological polar surface area (TPSA) is 175 Å². The maximum atomic E-state index is 13.1. The highest BCUT2D eigenvalue weighted by Crippen LogP contribution is 2.26. The molecule has 3 N–H and O–H groups in total. The lowest BCUT2D eigenvalue weighted by Gasteiger charge is -2.40. The van der Waals surface area contributed by atoms with E-state index in [1.807, 2.05) is 30.4 Å². The number of aliphatic carboxylic acids is 1. The number of aliphatic hydroxyl groups excluding tert-OH is 2. The number of aliphatic hydroxyl groups is 2. The molecule has 81 heavy (non-hydrogen) atoms. The SMILES string of the molecule is CC/C=C\C/C=C\C/C=C\C/C=C\C/C=C\CCCC(=O)OC1C(OCC(COC(=O)CCCCCCCCCCC/C=C\C/C=C\CCCCC)OC(=O)C/C=C\C/C=C\C/C=C\C/C=C\C/C=C\CC)OC(C(=O)O)C(O)C1O. The zero-order chi connectivity index (χ0) is 58.9. The van der Waals surface area contributed by atoms with Crippen molar-refractivity contribution in [2.45, 2.75) is 250 Å². The molecule has 0 aromatic carbocycles. The summed E-state index contributed by atoms with van der Waals surface area (Å²) < 4.78 is 28.3. The van der Waals surface area contributed by atoms with Gasteiger partial charge in [0.1, 0.15) is 18.8 Å². The van der Waals surface area contributed by atoms with E-state index >= 15 is 0 Å². The van der Waals surface area contributed by atoms with Crippen molar-refractivity contribution in [2.24, 2.45) is 0 Å². The van der Waals surface area contributed by atoms with E-state index in [2.05, 4.69) is 130 Å². The summed E-state index contributed by atoms with van der Waals surface area (Å²) >= 11 is 0. The molecule has 0 spiro atoms. The van der Waals surface area contributed by atoms with Gasteiger partial charge in [-0.15, -0.1) is 0 Å². The number of hydrogen-bond acceptors (Lipinski definition) is 11. The highest BCUT2D eigenvalue weighted by atomic mass is 16.7. The van der Waals surface area contributed by atoms with Crippen LogP contribution >= 0.6 is 0 Å². The molecule has 12 heteroatoms. The Kier molecular flexibility index (Phi) is 50.1. The van der Waals surface area contributed by atoms with Gasteiger partial charge in [-0.2, -0.15) is 0 Å². The van der Waals surface area contributed by atoms with Gasteiger partial charge in [-0.1, -0.05) is 224 Å². The molecular formula is C69H106O12. The number of allylic oxidation sites excluding steroid dienone is 23. The van der Waals surface area contributed by atoms with Gasteiger partial charge < -0.3 is 39.0 Å². The molecule has 0 aliphatic carbocycles. The van der Waals surface area contributed by atoms with Crippen LogP contribution in [0.1, 0.15) is 213 Å². The van der Waals surface area contributed by atoms with E-state index in [-0.39, 0.29) is 25.9 Å². The standard InChI is InChI=1S/C69H106O12/c1-4-7-10-13-16-19-22-25-28-30-31-33-35-37-40-43-46-49-52-55-61(70)77-58-60(79-62(71)56-53-50-47-44-41-38-34-27-24-21-18-15-12-9-6-3)59-78-69-67(65(74)64(73)66(81-69)68(75)76)80-63(72)57-54-51-48-45-42-39-36-32-29-26-23-20-17-14-11-8-5-2/h8-9,11-12,16-21,25-29,34,36,39,41,44-45,48,50,53,60,64-67,69,73-74H,4-7,10,13-15,22-24,30-33,35,37-38,40,42-43,46-47,49,51-52,54-59H2,1-3H3,(H,75,76)/b11-8-,12-9-,19-16-,20-17-,21-18-,28-25-,29-26-,34-27-,39-36-,44-41-,48-45-,53-50-. The van der Waals surface area contributed by atoms with Gasteiger partial charge in [-0.3, -0.25) is 14.4 Å². The van der Waals surface area contributed by atoms with Crippen molar-refractivity contribution >= 4 is 23.9 Å². The van der Waals surface area contributed by atoms with Crippen molar-refractivity contribution in [1.29, 1.82) is 0 Å². The quantitative estimate of drug-likeness (QED) is 0.0228. The summed E-state index contributed by atoms with van der Waals surface area (Å²) in [6.45, 7) is 5.62. The first-order chi connectivity index (χ1) is 39.6. The molecule has 6 atom stereocenters. The summed E-state index contributed by atoms with van der Waals surface area (Å²) in [7, 11) is 0. The number of hydrogen-bond donors (Lipinski definition) is 3. The second-order valence-corrected chi connectivity index (χ2v) is 20.2. The zero-order valence-electron chi connectivity index (χ0n) is 50.0. The van der Waals surface area contributed by atoms with Gasteiger partial charge >= 0.3 is 23.9 Å². The first-order valence-corrected chi connectivity index (χ1v) is 30.8. The minimum Gasteiger partial charge on any atom is -0.479 e. The van der Waals surface area contributed by atoms with Crippen LogP contribution in [0.15, 0.2) is 146 Å². The molecule has 1 heterocycles. The van der Waals surface area contributed by atoms with Gasteiger partial charge in [0.2, 0.25) is 0 Å². The minimum atomic E-state index is -1.94. The van der Waals surface area contributed by atoms with Gasteiger partial charge in [0.15, 0.2) is 24.6 Å². The highest BCUT2D eigenvalue weighted by molar-refractivity contribution is 5.74.